The highest BCUT2D eigenvalue weighted by atomic mass is 32.2. The molecule has 1 aliphatic heterocycles. The number of thioether (sulfide) groups is 1. The number of aromatic nitrogens is 1. The van der Waals surface area contributed by atoms with Crippen LogP contribution in [0.4, 0.5) is 11.5 Å². The van der Waals surface area contributed by atoms with Gasteiger partial charge in [-0.25, -0.2) is 4.98 Å². The number of quaternary nitrogens is 1. The smallest absolute Gasteiger partial charge is 0.279 e. The summed E-state index contributed by atoms with van der Waals surface area (Å²) in [6.07, 6.45) is 1.93. The molecule has 0 atom stereocenters. The number of nitrogens with two attached hydrogens (primary N) is 1. The molecule has 27 heavy (non-hydrogen) atoms. The van der Waals surface area contributed by atoms with Crippen LogP contribution in [0, 0.1) is 0 Å². The van der Waals surface area contributed by atoms with Crippen molar-refractivity contribution in [1.29, 1.82) is 0 Å². The first-order chi connectivity index (χ1) is 13.1. The quantitative estimate of drug-likeness (QED) is 0.554. The fourth-order valence-corrected chi connectivity index (χ4v) is 3.83. The fraction of sp³-hybridized carbons (Fsp3) is 0.316. The largest absolute Gasteiger partial charge is 0.369 e. The number of amides is 2. The van der Waals surface area contributed by atoms with Crippen LogP contribution in [-0.2, 0) is 9.59 Å². The predicted molar refractivity (Wildman–Crippen MR) is 106 cm³/mol. The molecule has 1 aliphatic rings. The number of carbonyl (C=O) groups excluding carboxylic acids is 2. The maximum atomic E-state index is 12.5. The Labute approximate surface area is 162 Å². The molecule has 0 unspecified atom stereocenters. The van der Waals surface area contributed by atoms with Gasteiger partial charge in [0, 0.05) is 11.0 Å². The van der Waals surface area contributed by atoms with Crippen molar-refractivity contribution in [1.82, 2.24) is 0 Å². The molecule has 0 radical (unpaired) electrons. The number of nitrogens with zero attached hydrogens (tertiary/aromatic N) is 1. The Morgan fingerprint density at radius 1 is 1.15 bits per heavy atom. The zero-order chi connectivity index (χ0) is 19.1. The van der Waals surface area contributed by atoms with Gasteiger partial charge in [0.25, 0.3) is 11.7 Å². The summed E-state index contributed by atoms with van der Waals surface area (Å²) in [6, 6.07) is 13.5. The van der Waals surface area contributed by atoms with E-state index in [1.54, 1.807) is 0 Å². The van der Waals surface area contributed by atoms with Crippen molar-refractivity contribution in [2.24, 2.45) is 5.73 Å². The third-order valence-corrected chi connectivity index (χ3v) is 5.54. The number of pyridine rings is 1. The number of para-hydroxylation sites is 1. The topological polar surface area (TPSA) is 94.0 Å². The van der Waals surface area contributed by atoms with Crippen LogP contribution in [-0.4, -0.2) is 50.3 Å². The second-order valence-electron chi connectivity index (χ2n) is 6.46. The highest BCUT2D eigenvalue weighted by Gasteiger charge is 2.27. The van der Waals surface area contributed by atoms with Crippen LogP contribution in [0.1, 0.15) is 0 Å². The van der Waals surface area contributed by atoms with E-state index in [2.05, 4.69) is 21.3 Å². The number of H-pyrrole nitrogens is 1. The van der Waals surface area contributed by atoms with Gasteiger partial charge in [-0.05, 0) is 18.2 Å². The lowest BCUT2D eigenvalue weighted by molar-refractivity contribution is -0.892. The van der Waals surface area contributed by atoms with E-state index >= 15 is 0 Å². The molecule has 8 heteroatoms. The van der Waals surface area contributed by atoms with Gasteiger partial charge in [0.2, 0.25) is 5.91 Å². The molecule has 0 bridgehead atoms. The average molecular weight is 388 g/mol. The first kappa shape index (κ1) is 19.2. The molecule has 2 aromatic rings. The SMILES string of the molecule is NC(=O)CSc1ccccc1NC(=O)C[NH+]1CCN(c2cccc[nH+]2)CC1. The highest BCUT2D eigenvalue weighted by molar-refractivity contribution is 8.00. The van der Waals surface area contributed by atoms with E-state index < -0.39 is 0 Å². The van der Waals surface area contributed by atoms with Gasteiger partial charge in [-0.1, -0.05) is 18.2 Å². The summed E-state index contributed by atoms with van der Waals surface area (Å²) in [4.78, 5) is 31.1. The van der Waals surface area contributed by atoms with Crippen LogP contribution in [0.15, 0.2) is 53.6 Å². The molecular weight excluding hydrogens is 362 g/mol. The van der Waals surface area contributed by atoms with E-state index in [0.29, 0.717) is 6.54 Å². The average Bonchev–Trinajstić information content (AvgIpc) is 2.68. The maximum absolute atomic E-state index is 12.5. The molecule has 2 amide bonds. The number of benzene rings is 1. The highest BCUT2D eigenvalue weighted by Crippen LogP contribution is 2.26. The molecule has 0 spiro atoms. The minimum Gasteiger partial charge on any atom is -0.369 e. The van der Waals surface area contributed by atoms with E-state index in [0.717, 1.165) is 42.6 Å². The number of rotatable bonds is 7. The van der Waals surface area contributed by atoms with Crippen LogP contribution in [0.25, 0.3) is 0 Å². The van der Waals surface area contributed by atoms with Gasteiger partial charge >= 0.3 is 0 Å². The number of primary amides is 1. The Kier molecular flexibility index (Phi) is 6.67. The summed E-state index contributed by atoms with van der Waals surface area (Å²) < 4.78 is 0. The third kappa shape index (κ3) is 5.70. The molecule has 7 nitrogen and oxygen atoms in total. The lowest BCUT2D eigenvalue weighted by atomic mass is 10.3. The Bertz CT molecular complexity index is 779. The van der Waals surface area contributed by atoms with Gasteiger partial charge in [-0.2, -0.15) is 0 Å². The van der Waals surface area contributed by atoms with E-state index in [1.807, 2.05) is 42.6 Å². The summed E-state index contributed by atoms with van der Waals surface area (Å²) in [5.41, 5.74) is 5.94. The predicted octanol–water partition coefficient (Wildman–Crippen LogP) is -0.578. The van der Waals surface area contributed by atoms with Gasteiger partial charge in [-0.15, -0.1) is 11.8 Å². The molecule has 0 aliphatic carbocycles. The van der Waals surface area contributed by atoms with Crippen molar-refractivity contribution in [2.45, 2.75) is 4.90 Å². The monoisotopic (exact) mass is 387 g/mol. The minimum atomic E-state index is -0.376. The van der Waals surface area contributed by atoms with Crippen LogP contribution < -0.4 is 25.8 Å². The number of carbonyl (C=O) groups is 2. The maximum Gasteiger partial charge on any atom is 0.279 e. The standard InChI is InChI=1S/C19H23N5O2S/c20-17(25)14-27-16-6-2-1-5-15(16)22-19(26)13-23-9-11-24(12-10-23)18-7-3-4-8-21-18/h1-8H,9-14H2,(H2,20,25)(H,22,26)/p+2. The van der Waals surface area contributed by atoms with Crippen molar-refractivity contribution < 1.29 is 19.5 Å². The van der Waals surface area contributed by atoms with E-state index in [1.165, 1.54) is 16.7 Å². The fourth-order valence-electron chi connectivity index (χ4n) is 3.09. The first-order valence-electron chi connectivity index (χ1n) is 8.97. The van der Waals surface area contributed by atoms with E-state index in [9.17, 15) is 9.59 Å². The molecule has 2 heterocycles. The van der Waals surface area contributed by atoms with E-state index in [4.69, 9.17) is 5.73 Å². The summed E-state index contributed by atoms with van der Waals surface area (Å²) in [6.45, 7) is 4.08. The zero-order valence-electron chi connectivity index (χ0n) is 15.1. The van der Waals surface area contributed by atoms with E-state index in [-0.39, 0.29) is 17.6 Å². The molecule has 142 valence electrons. The summed E-state index contributed by atoms with van der Waals surface area (Å²) in [7, 11) is 0. The number of nitrogens with one attached hydrogen (secondary N) is 3. The van der Waals surface area contributed by atoms with Gasteiger partial charge in [0.15, 0.2) is 6.54 Å². The normalized spacial score (nSPS) is 14.7. The third-order valence-electron chi connectivity index (χ3n) is 4.45. The molecule has 1 fully saturated rings. The van der Waals surface area contributed by atoms with Gasteiger partial charge in [0.05, 0.1) is 17.6 Å². The number of aromatic amines is 1. The van der Waals surface area contributed by atoms with Crippen molar-refractivity contribution >= 4 is 35.1 Å². The van der Waals surface area contributed by atoms with Crippen LogP contribution in [0.5, 0.6) is 0 Å². The molecule has 1 aromatic carbocycles. The van der Waals surface area contributed by atoms with Crippen molar-refractivity contribution in [3.63, 3.8) is 0 Å². The van der Waals surface area contributed by atoms with Crippen molar-refractivity contribution in [2.75, 3.05) is 48.7 Å². The molecule has 3 rings (SSSR count). The van der Waals surface area contributed by atoms with Gasteiger partial charge in [-0.3, -0.25) is 14.5 Å². The zero-order valence-corrected chi connectivity index (χ0v) is 15.9. The van der Waals surface area contributed by atoms with Gasteiger partial charge < -0.3 is 16.0 Å². The lowest BCUT2D eigenvalue weighted by Gasteiger charge is -2.27. The van der Waals surface area contributed by atoms with Crippen molar-refractivity contribution in [3.8, 4) is 0 Å². The molecular formula is C19H25N5O2S+2. The number of piperazine rings is 1. The molecule has 0 saturated carbocycles. The molecule has 5 N–H and O–H groups in total. The summed E-state index contributed by atoms with van der Waals surface area (Å²) in [5, 5.41) is 2.97. The lowest BCUT2D eigenvalue weighted by Crippen LogP contribution is -3.15. The Morgan fingerprint density at radius 3 is 2.59 bits per heavy atom. The van der Waals surface area contributed by atoms with Crippen LogP contribution in [0.3, 0.4) is 0 Å². The molecule has 1 saturated heterocycles. The number of hydrogen-bond donors (Lipinski definition) is 3. The Balaban J connectivity index is 1.50. The second kappa shape index (κ2) is 9.38. The summed E-state index contributed by atoms with van der Waals surface area (Å²) in [5.74, 6) is 0.911. The number of hydrogen-bond acceptors (Lipinski definition) is 4. The van der Waals surface area contributed by atoms with Crippen molar-refractivity contribution in [3.05, 3.63) is 48.7 Å². The van der Waals surface area contributed by atoms with Crippen LogP contribution >= 0.6 is 11.8 Å². The van der Waals surface area contributed by atoms with Crippen LogP contribution in [0.2, 0.25) is 0 Å². The second-order valence-corrected chi connectivity index (χ2v) is 7.48. The first-order valence-corrected chi connectivity index (χ1v) is 9.95. The Morgan fingerprint density at radius 2 is 1.89 bits per heavy atom. The summed E-state index contributed by atoms with van der Waals surface area (Å²) >= 11 is 1.33. The minimum absolute atomic E-state index is 0.0168. The van der Waals surface area contributed by atoms with Gasteiger partial charge in [0.1, 0.15) is 26.2 Å². The Hall–Kier alpha value is -2.58. The number of anilines is 2. The molecule has 1 aromatic heterocycles.